The molecular formula is C5H8N4O2. The van der Waals surface area contributed by atoms with Gasteiger partial charge in [0.2, 0.25) is 5.91 Å². The molecule has 0 aromatic rings. The van der Waals surface area contributed by atoms with Gasteiger partial charge in [-0.25, -0.2) is 10.2 Å². The van der Waals surface area contributed by atoms with Gasteiger partial charge in [-0.2, -0.15) is 0 Å². The fourth-order valence-electron chi connectivity index (χ4n) is 0.651. The fourth-order valence-corrected chi connectivity index (χ4v) is 0.651. The van der Waals surface area contributed by atoms with E-state index in [1.54, 1.807) is 0 Å². The zero-order valence-electron chi connectivity index (χ0n) is 5.70. The SMILES string of the molecule is NC(=O)NN1C=CC(=O)NC1. The summed E-state index contributed by atoms with van der Waals surface area (Å²) in [5.74, 6) is -0.187. The van der Waals surface area contributed by atoms with Crippen LogP contribution in [0.4, 0.5) is 4.79 Å². The minimum Gasteiger partial charge on any atom is -0.350 e. The summed E-state index contributed by atoms with van der Waals surface area (Å²) in [6, 6.07) is -0.661. The van der Waals surface area contributed by atoms with Gasteiger partial charge < -0.3 is 11.1 Å². The summed E-state index contributed by atoms with van der Waals surface area (Å²) < 4.78 is 0. The Hall–Kier alpha value is -1.72. The standard InChI is InChI=1S/C5H8N4O2/c6-5(11)8-9-2-1-4(10)7-3-9/h1-2H,3H2,(H,7,10)(H3,6,8,11). The van der Waals surface area contributed by atoms with E-state index in [1.165, 1.54) is 17.3 Å². The van der Waals surface area contributed by atoms with Crippen molar-refractivity contribution in [3.8, 4) is 0 Å². The third-order valence-corrected chi connectivity index (χ3v) is 1.08. The summed E-state index contributed by atoms with van der Waals surface area (Å²) in [5, 5.41) is 3.83. The first-order valence-corrected chi connectivity index (χ1v) is 2.97. The van der Waals surface area contributed by atoms with Crippen molar-refractivity contribution >= 4 is 11.9 Å². The molecule has 6 nitrogen and oxygen atoms in total. The van der Waals surface area contributed by atoms with Crippen LogP contribution in [0.25, 0.3) is 0 Å². The van der Waals surface area contributed by atoms with Crippen LogP contribution in [0.15, 0.2) is 12.3 Å². The quantitative estimate of drug-likeness (QED) is 0.430. The molecular weight excluding hydrogens is 148 g/mol. The molecule has 0 atom stereocenters. The van der Waals surface area contributed by atoms with Crippen LogP contribution in [0.5, 0.6) is 0 Å². The van der Waals surface area contributed by atoms with Crippen molar-refractivity contribution in [2.45, 2.75) is 0 Å². The van der Waals surface area contributed by atoms with Crippen molar-refractivity contribution in [3.05, 3.63) is 12.3 Å². The van der Waals surface area contributed by atoms with Crippen LogP contribution in [0.1, 0.15) is 0 Å². The van der Waals surface area contributed by atoms with Gasteiger partial charge in [-0.05, 0) is 0 Å². The number of carbonyl (C=O) groups excluding carboxylic acids is 2. The maximum absolute atomic E-state index is 10.5. The molecule has 0 aromatic heterocycles. The summed E-state index contributed by atoms with van der Waals surface area (Å²) in [4.78, 5) is 20.8. The molecule has 6 heteroatoms. The molecule has 0 radical (unpaired) electrons. The number of urea groups is 1. The van der Waals surface area contributed by atoms with Gasteiger partial charge in [-0.1, -0.05) is 0 Å². The number of hydrazine groups is 1. The van der Waals surface area contributed by atoms with E-state index in [1.807, 2.05) is 0 Å². The van der Waals surface area contributed by atoms with E-state index in [2.05, 4.69) is 10.7 Å². The minimum absolute atomic E-state index is 0.187. The van der Waals surface area contributed by atoms with Gasteiger partial charge >= 0.3 is 6.03 Å². The van der Waals surface area contributed by atoms with Gasteiger partial charge in [0, 0.05) is 12.3 Å². The molecule has 4 N–H and O–H groups in total. The highest BCUT2D eigenvalue weighted by molar-refractivity contribution is 5.88. The number of carbonyl (C=O) groups is 2. The predicted molar refractivity (Wildman–Crippen MR) is 36.7 cm³/mol. The first-order chi connectivity index (χ1) is 5.18. The summed E-state index contributed by atoms with van der Waals surface area (Å²) in [7, 11) is 0. The second kappa shape index (κ2) is 2.91. The number of nitrogens with one attached hydrogen (secondary N) is 2. The van der Waals surface area contributed by atoms with E-state index in [-0.39, 0.29) is 12.6 Å². The second-order valence-electron chi connectivity index (χ2n) is 1.96. The predicted octanol–water partition coefficient (Wildman–Crippen LogP) is -1.53. The molecule has 11 heavy (non-hydrogen) atoms. The average Bonchev–Trinajstić information content (AvgIpc) is 1.93. The molecule has 1 aliphatic rings. The molecule has 1 heterocycles. The molecule has 1 rings (SSSR count). The smallest absolute Gasteiger partial charge is 0.331 e. The van der Waals surface area contributed by atoms with Crippen LogP contribution >= 0.6 is 0 Å². The van der Waals surface area contributed by atoms with E-state index in [9.17, 15) is 9.59 Å². The molecule has 60 valence electrons. The third-order valence-electron chi connectivity index (χ3n) is 1.08. The zero-order valence-corrected chi connectivity index (χ0v) is 5.70. The molecule has 0 aliphatic carbocycles. The van der Waals surface area contributed by atoms with E-state index in [4.69, 9.17) is 5.73 Å². The van der Waals surface area contributed by atoms with Crippen LogP contribution in [0, 0.1) is 0 Å². The van der Waals surface area contributed by atoms with Crippen LogP contribution in [0.2, 0.25) is 0 Å². The number of nitrogens with two attached hydrogens (primary N) is 1. The lowest BCUT2D eigenvalue weighted by Gasteiger charge is -2.22. The molecule has 0 saturated heterocycles. The van der Waals surface area contributed by atoms with Crippen molar-refractivity contribution in [2.75, 3.05) is 6.67 Å². The lowest BCUT2D eigenvalue weighted by Crippen LogP contribution is -2.49. The van der Waals surface area contributed by atoms with E-state index < -0.39 is 6.03 Å². The summed E-state index contributed by atoms with van der Waals surface area (Å²) in [5.41, 5.74) is 7.09. The zero-order chi connectivity index (χ0) is 8.27. The summed E-state index contributed by atoms with van der Waals surface area (Å²) in [6.45, 7) is 0.234. The molecule has 0 aromatic carbocycles. The number of primary amides is 1. The molecule has 0 bridgehead atoms. The fraction of sp³-hybridized carbons (Fsp3) is 0.200. The van der Waals surface area contributed by atoms with Crippen LogP contribution in [-0.2, 0) is 4.79 Å². The van der Waals surface area contributed by atoms with Crippen LogP contribution in [0.3, 0.4) is 0 Å². The molecule has 3 amide bonds. The number of hydrogen-bond acceptors (Lipinski definition) is 3. The number of nitrogens with zero attached hydrogens (tertiary/aromatic N) is 1. The number of hydrogen-bond donors (Lipinski definition) is 3. The van der Waals surface area contributed by atoms with Crippen molar-refractivity contribution < 1.29 is 9.59 Å². The lowest BCUT2D eigenvalue weighted by molar-refractivity contribution is -0.117. The highest BCUT2D eigenvalue weighted by atomic mass is 16.2. The van der Waals surface area contributed by atoms with Crippen LogP contribution in [-0.4, -0.2) is 23.6 Å². The Morgan fingerprint density at radius 1 is 1.82 bits per heavy atom. The van der Waals surface area contributed by atoms with Gasteiger partial charge in [-0.3, -0.25) is 9.80 Å². The second-order valence-corrected chi connectivity index (χ2v) is 1.96. The Morgan fingerprint density at radius 2 is 2.55 bits per heavy atom. The van der Waals surface area contributed by atoms with Crippen molar-refractivity contribution in [2.24, 2.45) is 5.73 Å². The van der Waals surface area contributed by atoms with E-state index in [0.29, 0.717) is 0 Å². The Kier molecular flexibility index (Phi) is 1.95. The minimum atomic E-state index is -0.661. The first-order valence-electron chi connectivity index (χ1n) is 2.97. The Labute approximate surface area is 63.0 Å². The van der Waals surface area contributed by atoms with E-state index in [0.717, 1.165) is 0 Å². The number of amides is 3. The molecule has 0 unspecified atom stereocenters. The highest BCUT2D eigenvalue weighted by Gasteiger charge is 2.07. The Morgan fingerprint density at radius 3 is 3.00 bits per heavy atom. The Balaban J connectivity index is 2.44. The van der Waals surface area contributed by atoms with Gasteiger partial charge in [0.25, 0.3) is 0 Å². The first kappa shape index (κ1) is 7.39. The Bertz CT molecular complexity index is 213. The molecule has 0 spiro atoms. The maximum atomic E-state index is 10.5. The highest BCUT2D eigenvalue weighted by Crippen LogP contribution is 1.88. The third kappa shape index (κ3) is 2.17. The van der Waals surface area contributed by atoms with Gasteiger partial charge in [0.05, 0.1) is 0 Å². The van der Waals surface area contributed by atoms with Gasteiger partial charge in [-0.15, -0.1) is 0 Å². The largest absolute Gasteiger partial charge is 0.350 e. The average molecular weight is 156 g/mol. The van der Waals surface area contributed by atoms with Gasteiger partial charge in [0.1, 0.15) is 6.67 Å². The van der Waals surface area contributed by atoms with Crippen molar-refractivity contribution in [1.29, 1.82) is 0 Å². The summed E-state index contributed by atoms with van der Waals surface area (Å²) in [6.07, 6.45) is 2.73. The number of rotatable bonds is 1. The summed E-state index contributed by atoms with van der Waals surface area (Å²) >= 11 is 0. The monoisotopic (exact) mass is 156 g/mol. The van der Waals surface area contributed by atoms with Crippen molar-refractivity contribution in [3.63, 3.8) is 0 Å². The van der Waals surface area contributed by atoms with Gasteiger partial charge in [0.15, 0.2) is 0 Å². The normalized spacial score (nSPS) is 16.0. The maximum Gasteiger partial charge on any atom is 0.331 e. The molecule has 0 fully saturated rings. The van der Waals surface area contributed by atoms with E-state index >= 15 is 0 Å². The van der Waals surface area contributed by atoms with Crippen LogP contribution < -0.4 is 16.5 Å². The molecule has 1 aliphatic heterocycles. The van der Waals surface area contributed by atoms with Crippen molar-refractivity contribution in [1.82, 2.24) is 15.8 Å². The topological polar surface area (TPSA) is 87.5 Å². The lowest BCUT2D eigenvalue weighted by atomic mass is 10.5. The molecule has 0 saturated carbocycles.